The molecule has 112 valence electrons. The van der Waals surface area contributed by atoms with Gasteiger partial charge in [0.2, 0.25) is 0 Å². The number of hydrogen-bond acceptors (Lipinski definition) is 4. The lowest BCUT2D eigenvalue weighted by Crippen LogP contribution is -2.42. The van der Waals surface area contributed by atoms with Gasteiger partial charge in [0.15, 0.2) is 0 Å². The molecule has 1 heterocycles. The second-order valence-electron chi connectivity index (χ2n) is 5.25. The van der Waals surface area contributed by atoms with Crippen molar-refractivity contribution in [2.24, 2.45) is 0 Å². The molecule has 1 fully saturated rings. The highest BCUT2D eigenvalue weighted by atomic mass is 16.6. The van der Waals surface area contributed by atoms with E-state index in [0.29, 0.717) is 31.3 Å². The summed E-state index contributed by atoms with van der Waals surface area (Å²) in [6.45, 7) is 5.66. The Morgan fingerprint density at radius 2 is 2.19 bits per heavy atom. The van der Waals surface area contributed by atoms with Gasteiger partial charge in [-0.25, -0.2) is 4.79 Å². The van der Waals surface area contributed by atoms with Crippen LogP contribution in [0.2, 0.25) is 0 Å². The van der Waals surface area contributed by atoms with Crippen LogP contribution in [0.4, 0.5) is 10.5 Å². The number of hydrogen-bond donors (Lipinski definition) is 1. The number of benzene rings is 1. The van der Waals surface area contributed by atoms with Crippen LogP contribution < -0.4 is 5.32 Å². The second kappa shape index (κ2) is 6.98. The van der Waals surface area contributed by atoms with E-state index >= 15 is 0 Å². The van der Waals surface area contributed by atoms with Crippen LogP contribution in [0.15, 0.2) is 18.2 Å². The fourth-order valence-electron chi connectivity index (χ4n) is 2.49. The van der Waals surface area contributed by atoms with Crippen molar-refractivity contribution in [3.63, 3.8) is 0 Å². The predicted octanol–water partition coefficient (Wildman–Crippen LogP) is 2.90. The molecule has 0 aromatic heterocycles. The average Bonchev–Trinajstić information content (AvgIpc) is 2.50. The Morgan fingerprint density at radius 3 is 2.81 bits per heavy atom. The fourth-order valence-corrected chi connectivity index (χ4v) is 2.49. The Kier molecular flexibility index (Phi) is 5.04. The van der Waals surface area contributed by atoms with Gasteiger partial charge in [0.05, 0.1) is 18.2 Å². The van der Waals surface area contributed by atoms with Crippen molar-refractivity contribution in [1.29, 1.82) is 5.26 Å². The van der Waals surface area contributed by atoms with Gasteiger partial charge < -0.3 is 15.0 Å². The Labute approximate surface area is 125 Å². The standard InChI is InChI=1S/C16H21N3O2/c1-3-21-16(20)19-8-6-14(7-9-19)18-15-10-13(11-17)5-4-12(15)2/h4-5,10,14,18H,3,6-9H2,1-2H3. The molecule has 1 N–H and O–H groups in total. The summed E-state index contributed by atoms with van der Waals surface area (Å²) in [7, 11) is 0. The third-order valence-electron chi connectivity index (χ3n) is 3.75. The molecule has 0 saturated carbocycles. The number of anilines is 1. The normalized spacial score (nSPS) is 15.4. The number of aryl methyl sites for hydroxylation is 1. The minimum absolute atomic E-state index is 0.224. The molecule has 0 aliphatic carbocycles. The Bertz CT molecular complexity index is 543. The van der Waals surface area contributed by atoms with E-state index in [-0.39, 0.29) is 6.09 Å². The lowest BCUT2D eigenvalue weighted by atomic mass is 10.0. The predicted molar refractivity (Wildman–Crippen MR) is 81.1 cm³/mol. The van der Waals surface area contributed by atoms with E-state index in [1.54, 1.807) is 4.90 Å². The molecule has 5 heteroatoms. The van der Waals surface area contributed by atoms with Gasteiger partial charge in [0.1, 0.15) is 0 Å². The van der Waals surface area contributed by atoms with Gasteiger partial charge in [-0.2, -0.15) is 5.26 Å². The molecule has 1 amide bonds. The van der Waals surface area contributed by atoms with Gasteiger partial charge >= 0.3 is 6.09 Å². The first-order chi connectivity index (χ1) is 10.1. The monoisotopic (exact) mass is 287 g/mol. The summed E-state index contributed by atoms with van der Waals surface area (Å²) in [4.78, 5) is 13.4. The largest absolute Gasteiger partial charge is 0.450 e. The number of nitrogens with one attached hydrogen (secondary N) is 1. The molecule has 1 aliphatic heterocycles. The molecule has 0 radical (unpaired) electrons. The van der Waals surface area contributed by atoms with Gasteiger partial charge in [0.25, 0.3) is 0 Å². The number of likely N-dealkylation sites (tertiary alicyclic amines) is 1. The van der Waals surface area contributed by atoms with Gasteiger partial charge in [-0.1, -0.05) is 6.07 Å². The number of carbonyl (C=O) groups is 1. The third kappa shape index (κ3) is 3.88. The van der Waals surface area contributed by atoms with Crippen molar-refractivity contribution in [3.8, 4) is 6.07 Å². The van der Waals surface area contributed by atoms with Crippen molar-refractivity contribution in [2.75, 3.05) is 25.0 Å². The van der Waals surface area contributed by atoms with E-state index in [2.05, 4.69) is 11.4 Å². The lowest BCUT2D eigenvalue weighted by molar-refractivity contribution is 0.0983. The highest BCUT2D eigenvalue weighted by Crippen LogP contribution is 2.21. The SMILES string of the molecule is CCOC(=O)N1CCC(Nc2cc(C#N)ccc2C)CC1. The Balaban J connectivity index is 1.92. The zero-order chi connectivity index (χ0) is 15.2. The van der Waals surface area contributed by atoms with Crippen molar-refractivity contribution in [1.82, 2.24) is 4.90 Å². The molecule has 1 aromatic carbocycles. The number of carbonyl (C=O) groups excluding carboxylic acids is 1. The lowest BCUT2D eigenvalue weighted by Gasteiger charge is -2.32. The van der Waals surface area contributed by atoms with E-state index in [9.17, 15) is 4.79 Å². The van der Waals surface area contributed by atoms with Crippen molar-refractivity contribution < 1.29 is 9.53 Å². The minimum atomic E-state index is -0.224. The number of piperidine rings is 1. The topological polar surface area (TPSA) is 65.4 Å². The van der Waals surface area contributed by atoms with Crippen LogP contribution >= 0.6 is 0 Å². The third-order valence-corrected chi connectivity index (χ3v) is 3.75. The zero-order valence-corrected chi connectivity index (χ0v) is 12.6. The maximum Gasteiger partial charge on any atom is 0.409 e. The van der Waals surface area contributed by atoms with E-state index in [0.717, 1.165) is 24.1 Å². The van der Waals surface area contributed by atoms with Gasteiger partial charge in [-0.3, -0.25) is 0 Å². The molecular formula is C16H21N3O2. The molecule has 0 unspecified atom stereocenters. The number of amides is 1. The summed E-state index contributed by atoms with van der Waals surface area (Å²) in [6.07, 6.45) is 1.54. The van der Waals surface area contributed by atoms with Crippen molar-refractivity contribution >= 4 is 11.8 Å². The highest BCUT2D eigenvalue weighted by molar-refractivity contribution is 5.67. The van der Waals surface area contributed by atoms with E-state index in [1.807, 2.05) is 32.0 Å². The van der Waals surface area contributed by atoms with E-state index in [1.165, 1.54) is 0 Å². The summed E-state index contributed by atoms with van der Waals surface area (Å²) >= 11 is 0. The first-order valence-electron chi connectivity index (χ1n) is 7.33. The summed E-state index contributed by atoms with van der Waals surface area (Å²) < 4.78 is 5.01. The molecule has 1 saturated heterocycles. The molecule has 0 atom stereocenters. The maximum atomic E-state index is 11.6. The molecule has 5 nitrogen and oxygen atoms in total. The minimum Gasteiger partial charge on any atom is -0.450 e. The smallest absolute Gasteiger partial charge is 0.409 e. The summed E-state index contributed by atoms with van der Waals surface area (Å²) in [5.74, 6) is 0. The first kappa shape index (κ1) is 15.2. The number of nitriles is 1. The number of ether oxygens (including phenoxy) is 1. The van der Waals surface area contributed by atoms with Crippen molar-refractivity contribution in [3.05, 3.63) is 29.3 Å². The molecule has 0 spiro atoms. The van der Waals surface area contributed by atoms with Gasteiger partial charge in [-0.05, 0) is 44.4 Å². The zero-order valence-electron chi connectivity index (χ0n) is 12.6. The number of rotatable bonds is 3. The van der Waals surface area contributed by atoms with Crippen LogP contribution in [-0.2, 0) is 4.74 Å². The Hall–Kier alpha value is -2.22. The Morgan fingerprint density at radius 1 is 1.48 bits per heavy atom. The van der Waals surface area contributed by atoms with Crippen LogP contribution in [0, 0.1) is 18.3 Å². The van der Waals surface area contributed by atoms with Crippen LogP contribution in [0.1, 0.15) is 30.9 Å². The molecule has 1 aliphatic rings. The number of nitrogens with zero attached hydrogens (tertiary/aromatic N) is 2. The van der Waals surface area contributed by atoms with E-state index in [4.69, 9.17) is 10.00 Å². The summed E-state index contributed by atoms with van der Waals surface area (Å²) in [6, 6.07) is 8.14. The van der Waals surface area contributed by atoms with Crippen LogP contribution in [0.25, 0.3) is 0 Å². The molecular weight excluding hydrogens is 266 g/mol. The summed E-state index contributed by atoms with van der Waals surface area (Å²) in [5, 5.41) is 12.5. The fraction of sp³-hybridized carbons (Fsp3) is 0.500. The average molecular weight is 287 g/mol. The second-order valence-corrected chi connectivity index (χ2v) is 5.25. The van der Waals surface area contributed by atoms with Gasteiger partial charge in [-0.15, -0.1) is 0 Å². The highest BCUT2D eigenvalue weighted by Gasteiger charge is 2.23. The van der Waals surface area contributed by atoms with E-state index < -0.39 is 0 Å². The first-order valence-corrected chi connectivity index (χ1v) is 7.33. The quantitative estimate of drug-likeness (QED) is 0.928. The molecule has 2 rings (SSSR count). The van der Waals surface area contributed by atoms with Gasteiger partial charge in [0, 0.05) is 24.8 Å². The molecule has 0 bridgehead atoms. The summed E-state index contributed by atoms with van der Waals surface area (Å²) in [5.41, 5.74) is 2.79. The van der Waals surface area contributed by atoms with Crippen molar-refractivity contribution in [2.45, 2.75) is 32.7 Å². The van der Waals surface area contributed by atoms with Crippen LogP contribution in [0.3, 0.4) is 0 Å². The molecule has 21 heavy (non-hydrogen) atoms. The van der Waals surface area contributed by atoms with Crippen LogP contribution in [-0.4, -0.2) is 36.7 Å². The molecule has 1 aromatic rings. The maximum absolute atomic E-state index is 11.6. The van der Waals surface area contributed by atoms with Crippen LogP contribution in [0.5, 0.6) is 0 Å².